The van der Waals surface area contributed by atoms with Crippen molar-refractivity contribution in [2.45, 2.75) is 12.8 Å². The van der Waals surface area contributed by atoms with Crippen LogP contribution in [0.25, 0.3) is 0 Å². The summed E-state index contributed by atoms with van der Waals surface area (Å²) in [6.07, 6.45) is 0.394. The Morgan fingerprint density at radius 2 is 1.46 bits per heavy atom. The number of carbonyl (C=O) groups excluding carboxylic acids is 2. The Kier molecular flexibility index (Phi) is 2.89. The Balaban J connectivity index is 2.32. The van der Waals surface area contributed by atoms with E-state index in [9.17, 15) is 9.59 Å². The number of ether oxygens (including phenoxy) is 2. The summed E-state index contributed by atoms with van der Waals surface area (Å²) >= 11 is 0. The summed E-state index contributed by atoms with van der Waals surface area (Å²) in [6.45, 7) is 0. The average Bonchev–Trinajstić information content (AvgIpc) is 2.83. The second-order valence-corrected chi connectivity index (χ2v) is 2.59. The molecule has 5 heteroatoms. The highest BCUT2D eigenvalue weighted by molar-refractivity contribution is 5.77. The van der Waals surface area contributed by atoms with Crippen molar-refractivity contribution >= 4 is 11.9 Å². The third-order valence-corrected chi connectivity index (χ3v) is 1.70. The Labute approximate surface area is 75.7 Å². The van der Waals surface area contributed by atoms with E-state index in [0.717, 1.165) is 11.4 Å². The molecule has 0 atom stereocenters. The zero-order chi connectivity index (χ0) is 9.84. The molecule has 72 valence electrons. The predicted octanol–water partition coefficient (Wildman–Crippen LogP) is -0.0726. The maximum absolute atomic E-state index is 10.8. The Bertz CT molecular complexity index is 243. The van der Waals surface area contributed by atoms with Gasteiger partial charge in [0.1, 0.15) is 0 Å². The molecule has 0 fully saturated rings. The van der Waals surface area contributed by atoms with Gasteiger partial charge in [-0.05, 0) is 0 Å². The molecule has 1 aliphatic heterocycles. The van der Waals surface area contributed by atoms with Gasteiger partial charge in [0.15, 0.2) is 0 Å². The zero-order valence-electron chi connectivity index (χ0n) is 7.55. The van der Waals surface area contributed by atoms with E-state index in [2.05, 4.69) is 14.8 Å². The second-order valence-electron chi connectivity index (χ2n) is 2.59. The van der Waals surface area contributed by atoms with Crippen LogP contribution < -0.4 is 5.32 Å². The quantitative estimate of drug-likeness (QED) is 0.620. The lowest BCUT2D eigenvalue weighted by atomic mass is 10.3. The minimum Gasteiger partial charge on any atom is -0.469 e. The van der Waals surface area contributed by atoms with Crippen molar-refractivity contribution in [3.8, 4) is 0 Å². The molecule has 0 aliphatic carbocycles. The van der Waals surface area contributed by atoms with Gasteiger partial charge in [-0.25, -0.2) is 0 Å². The Morgan fingerprint density at radius 3 is 1.77 bits per heavy atom. The van der Waals surface area contributed by atoms with Crippen LogP contribution in [0, 0.1) is 0 Å². The van der Waals surface area contributed by atoms with Crippen LogP contribution in [-0.4, -0.2) is 26.2 Å². The van der Waals surface area contributed by atoms with Gasteiger partial charge in [-0.2, -0.15) is 0 Å². The number of hydrogen-bond acceptors (Lipinski definition) is 5. The van der Waals surface area contributed by atoms with Crippen LogP contribution in [0.2, 0.25) is 0 Å². The van der Waals surface area contributed by atoms with Crippen LogP contribution in [0.15, 0.2) is 11.4 Å². The summed E-state index contributed by atoms with van der Waals surface area (Å²) in [7, 11) is 2.65. The first-order chi connectivity index (χ1) is 6.17. The van der Waals surface area contributed by atoms with Gasteiger partial charge in [0, 0.05) is 11.4 Å². The van der Waals surface area contributed by atoms with Gasteiger partial charge < -0.3 is 14.8 Å². The molecule has 0 aromatic heterocycles. The van der Waals surface area contributed by atoms with E-state index in [0.29, 0.717) is 0 Å². The fraction of sp³-hybridized carbons (Fsp3) is 0.500. The van der Waals surface area contributed by atoms with Gasteiger partial charge in [-0.1, -0.05) is 0 Å². The van der Waals surface area contributed by atoms with E-state index in [4.69, 9.17) is 0 Å². The molecule has 0 radical (unpaired) electrons. The van der Waals surface area contributed by atoms with Crippen molar-refractivity contribution in [1.29, 1.82) is 0 Å². The largest absolute Gasteiger partial charge is 0.469 e. The number of methoxy groups -OCH3 is 2. The number of nitrogens with one attached hydrogen (secondary N) is 1. The molecule has 0 spiro atoms. The number of esters is 2. The topological polar surface area (TPSA) is 74.5 Å². The molecule has 1 aliphatic rings. The van der Waals surface area contributed by atoms with Gasteiger partial charge in [0.25, 0.3) is 0 Å². The normalized spacial score (nSPS) is 13.4. The average molecular weight is 185 g/mol. The third kappa shape index (κ3) is 2.77. The third-order valence-electron chi connectivity index (χ3n) is 1.70. The highest BCUT2D eigenvalue weighted by Gasteiger charge is 2.25. The van der Waals surface area contributed by atoms with Crippen LogP contribution in [0.4, 0.5) is 0 Å². The smallest absolute Gasteiger partial charge is 0.311 e. The molecular weight excluding hydrogens is 174 g/mol. The van der Waals surface area contributed by atoms with Crippen molar-refractivity contribution in [1.82, 2.24) is 5.32 Å². The maximum Gasteiger partial charge on any atom is 0.311 e. The summed E-state index contributed by atoms with van der Waals surface area (Å²) < 4.78 is 8.90. The van der Waals surface area contributed by atoms with Crippen molar-refractivity contribution < 1.29 is 19.1 Å². The van der Waals surface area contributed by atoms with Crippen molar-refractivity contribution in [2.24, 2.45) is 0 Å². The minimum atomic E-state index is -0.317. The number of rotatable bonds is 4. The van der Waals surface area contributed by atoms with Gasteiger partial charge >= 0.3 is 11.9 Å². The first-order valence-electron chi connectivity index (χ1n) is 3.80. The van der Waals surface area contributed by atoms with E-state index in [-0.39, 0.29) is 24.8 Å². The fourth-order valence-corrected chi connectivity index (χ4v) is 0.886. The summed E-state index contributed by atoms with van der Waals surface area (Å²) in [5, 5.41) is 2.83. The zero-order valence-corrected chi connectivity index (χ0v) is 7.55. The lowest BCUT2D eigenvalue weighted by molar-refractivity contribution is -0.140. The molecule has 0 saturated heterocycles. The van der Waals surface area contributed by atoms with E-state index >= 15 is 0 Å². The molecule has 5 nitrogen and oxygen atoms in total. The summed E-state index contributed by atoms with van der Waals surface area (Å²) in [5.41, 5.74) is 1.52. The highest BCUT2D eigenvalue weighted by atomic mass is 16.5. The number of hydrogen-bond donors (Lipinski definition) is 1. The Hall–Kier alpha value is -1.52. The fourth-order valence-electron chi connectivity index (χ4n) is 0.886. The van der Waals surface area contributed by atoms with Gasteiger partial charge in [0.2, 0.25) is 0 Å². The molecule has 0 unspecified atom stereocenters. The molecule has 1 heterocycles. The van der Waals surface area contributed by atoms with Crippen molar-refractivity contribution in [2.75, 3.05) is 14.2 Å². The molecule has 1 rings (SSSR count). The molecule has 0 saturated carbocycles. The second kappa shape index (κ2) is 3.93. The van der Waals surface area contributed by atoms with Crippen LogP contribution in [-0.2, 0) is 19.1 Å². The van der Waals surface area contributed by atoms with Gasteiger partial charge in [-0.15, -0.1) is 0 Å². The molecule has 0 aromatic carbocycles. The number of carbonyl (C=O) groups is 2. The lowest BCUT2D eigenvalue weighted by Crippen LogP contribution is -2.00. The lowest BCUT2D eigenvalue weighted by Gasteiger charge is -1.90. The SMILES string of the molecule is COC(=O)CC1=C(CC(=O)OC)N1. The van der Waals surface area contributed by atoms with Crippen LogP contribution in [0.5, 0.6) is 0 Å². The molecule has 1 N–H and O–H groups in total. The van der Waals surface area contributed by atoms with Crippen LogP contribution in [0.3, 0.4) is 0 Å². The van der Waals surface area contributed by atoms with Crippen molar-refractivity contribution in [3.05, 3.63) is 11.4 Å². The van der Waals surface area contributed by atoms with E-state index in [1.54, 1.807) is 0 Å². The van der Waals surface area contributed by atoms with Crippen LogP contribution in [0.1, 0.15) is 12.8 Å². The minimum absolute atomic E-state index is 0.197. The molecule has 13 heavy (non-hydrogen) atoms. The van der Waals surface area contributed by atoms with Gasteiger partial charge in [-0.3, -0.25) is 9.59 Å². The molecule has 0 aromatic rings. The van der Waals surface area contributed by atoms with E-state index in [1.807, 2.05) is 0 Å². The summed E-state index contributed by atoms with van der Waals surface area (Å²) in [4.78, 5) is 21.5. The monoisotopic (exact) mass is 185 g/mol. The summed E-state index contributed by atoms with van der Waals surface area (Å²) in [6, 6.07) is 0. The summed E-state index contributed by atoms with van der Waals surface area (Å²) in [5.74, 6) is -0.635. The van der Waals surface area contributed by atoms with E-state index in [1.165, 1.54) is 14.2 Å². The van der Waals surface area contributed by atoms with Crippen LogP contribution >= 0.6 is 0 Å². The molecular formula is C8H11NO4. The molecule has 0 amide bonds. The Morgan fingerprint density at radius 1 is 1.08 bits per heavy atom. The van der Waals surface area contributed by atoms with Gasteiger partial charge in [0.05, 0.1) is 27.1 Å². The molecule has 0 bridgehead atoms. The predicted molar refractivity (Wildman–Crippen MR) is 43.4 cm³/mol. The first kappa shape index (κ1) is 9.57. The highest BCUT2D eigenvalue weighted by Crippen LogP contribution is 2.22. The first-order valence-corrected chi connectivity index (χ1v) is 3.80. The van der Waals surface area contributed by atoms with E-state index < -0.39 is 0 Å². The van der Waals surface area contributed by atoms with Crippen molar-refractivity contribution in [3.63, 3.8) is 0 Å². The maximum atomic E-state index is 10.8. The standard InChI is InChI=1S/C8H11NO4/c1-12-7(10)3-5-6(9-5)4-8(11)13-2/h9H,3-4H2,1-2H3.